The molecule has 102 valence electrons. The van der Waals surface area contributed by atoms with Gasteiger partial charge in [0, 0.05) is 31.9 Å². The number of unbranched alkanes of at least 4 members (excludes halogenated alkanes) is 1. The van der Waals surface area contributed by atoms with Crippen molar-refractivity contribution < 1.29 is 4.74 Å². The van der Waals surface area contributed by atoms with Gasteiger partial charge in [-0.25, -0.2) is 0 Å². The first-order valence-corrected chi connectivity index (χ1v) is 6.71. The number of nitrogens with zero attached hydrogens (tertiary/aromatic N) is 1. The molecular formula is C15H26N2O. The molecular weight excluding hydrogens is 224 g/mol. The summed E-state index contributed by atoms with van der Waals surface area (Å²) in [5.74, 6) is 0.961. The lowest BCUT2D eigenvalue weighted by Crippen LogP contribution is -2.20. The number of hydrogen-bond donors (Lipinski definition) is 1. The Bertz CT molecular complexity index is 339. The maximum atomic E-state index is 5.77. The molecule has 0 aliphatic carbocycles. The third kappa shape index (κ3) is 5.41. The summed E-state index contributed by atoms with van der Waals surface area (Å²) in [6, 6.07) is 8.82. The molecule has 1 atom stereocenters. The molecule has 0 saturated carbocycles. The summed E-state index contributed by atoms with van der Waals surface area (Å²) in [5.41, 5.74) is 1.18. The van der Waals surface area contributed by atoms with Crippen LogP contribution in [0, 0.1) is 0 Å². The van der Waals surface area contributed by atoms with E-state index in [1.165, 1.54) is 18.5 Å². The summed E-state index contributed by atoms with van der Waals surface area (Å²) in [6.07, 6.45) is 3.52. The van der Waals surface area contributed by atoms with Gasteiger partial charge in [0.25, 0.3) is 0 Å². The van der Waals surface area contributed by atoms with Crippen molar-refractivity contribution in [2.45, 2.75) is 32.2 Å². The molecule has 0 bridgehead atoms. The highest BCUT2D eigenvalue weighted by molar-refractivity contribution is 5.49. The SMILES string of the molecule is CNC(C)CCCCOc1cccc(N(C)C)c1. The van der Waals surface area contributed by atoms with Gasteiger partial charge in [0.2, 0.25) is 0 Å². The second-order valence-corrected chi connectivity index (χ2v) is 4.93. The van der Waals surface area contributed by atoms with Crippen molar-refractivity contribution in [3.63, 3.8) is 0 Å². The number of benzene rings is 1. The predicted octanol–water partition coefficient (Wildman–Crippen LogP) is 2.91. The molecule has 1 aromatic rings. The van der Waals surface area contributed by atoms with Gasteiger partial charge in [0.1, 0.15) is 5.75 Å². The van der Waals surface area contributed by atoms with Crippen molar-refractivity contribution in [1.82, 2.24) is 5.32 Å². The quantitative estimate of drug-likeness (QED) is 0.718. The van der Waals surface area contributed by atoms with Gasteiger partial charge in [-0.05, 0) is 45.4 Å². The minimum Gasteiger partial charge on any atom is -0.494 e. The Morgan fingerprint density at radius 3 is 2.72 bits per heavy atom. The van der Waals surface area contributed by atoms with Gasteiger partial charge in [0.05, 0.1) is 6.61 Å². The van der Waals surface area contributed by atoms with Gasteiger partial charge in [0.15, 0.2) is 0 Å². The molecule has 0 saturated heterocycles. The molecule has 0 amide bonds. The van der Waals surface area contributed by atoms with E-state index in [0.29, 0.717) is 6.04 Å². The van der Waals surface area contributed by atoms with Crippen LogP contribution in [0.1, 0.15) is 26.2 Å². The van der Waals surface area contributed by atoms with Crippen LogP contribution in [0.15, 0.2) is 24.3 Å². The van der Waals surface area contributed by atoms with Crippen molar-refractivity contribution in [3.8, 4) is 5.75 Å². The summed E-state index contributed by atoms with van der Waals surface area (Å²) < 4.78 is 5.77. The van der Waals surface area contributed by atoms with Crippen LogP contribution in [0.25, 0.3) is 0 Å². The van der Waals surface area contributed by atoms with Crippen LogP contribution in [-0.4, -0.2) is 33.8 Å². The topological polar surface area (TPSA) is 24.5 Å². The number of anilines is 1. The van der Waals surface area contributed by atoms with Gasteiger partial charge in [-0.3, -0.25) is 0 Å². The van der Waals surface area contributed by atoms with E-state index in [9.17, 15) is 0 Å². The van der Waals surface area contributed by atoms with Gasteiger partial charge in [-0.2, -0.15) is 0 Å². The Morgan fingerprint density at radius 2 is 2.06 bits per heavy atom. The summed E-state index contributed by atoms with van der Waals surface area (Å²) >= 11 is 0. The lowest BCUT2D eigenvalue weighted by atomic mass is 10.1. The molecule has 0 radical (unpaired) electrons. The molecule has 3 nitrogen and oxygen atoms in total. The van der Waals surface area contributed by atoms with Gasteiger partial charge < -0.3 is 15.0 Å². The van der Waals surface area contributed by atoms with E-state index in [0.717, 1.165) is 18.8 Å². The molecule has 1 unspecified atom stereocenters. The fourth-order valence-electron chi connectivity index (χ4n) is 1.74. The fraction of sp³-hybridized carbons (Fsp3) is 0.600. The van der Waals surface area contributed by atoms with Gasteiger partial charge in [-0.1, -0.05) is 6.07 Å². The first kappa shape index (κ1) is 14.8. The second kappa shape index (κ2) is 7.98. The molecule has 1 N–H and O–H groups in total. The van der Waals surface area contributed by atoms with E-state index in [-0.39, 0.29) is 0 Å². The first-order chi connectivity index (χ1) is 8.63. The highest BCUT2D eigenvalue weighted by atomic mass is 16.5. The van der Waals surface area contributed by atoms with Crippen LogP contribution in [0.2, 0.25) is 0 Å². The second-order valence-electron chi connectivity index (χ2n) is 4.93. The van der Waals surface area contributed by atoms with E-state index in [1.807, 2.05) is 33.3 Å². The molecule has 0 fully saturated rings. The van der Waals surface area contributed by atoms with E-state index in [2.05, 4.69) is 29.3 Å². The lowest BCUT2D eigenvalue weighted by Gasteiger charge is -2.14. The van der Waals surface area contributed by atoms with Crippen molar-refractivity contribution in [1.29, 1.82) is 0 Å². The van der Waals surface area contributed by atoms with Crippen LogP contribution in [-0.2, 0) is 0 Å². The molecule has 1 aromatic carbocycles. The molecule has 1 rings (SSSR count). The smallest absolute Gasteiger partial charge is 0.121 e. The molecule has 0 heterocycles. The molecule has 0 aromatic heterocycles. The lowest BCUT2D eigenvalue weighted by molar-refractivity contribution is 0.302. The van der Waals surface area contributed by atoms with Crippen molar-refractivity contribution in [2.75, 3.05) is 32.6 Å². The standard InChI is InChI=1S/C15H26N2O/c1-13(16-2)8-5-6-11-18-15-10-7-9-14(12-15)17(3)4/h7,9-10,12-13,16H,5-6,8,11H2,1-4H3. The molecule has 0 aliphatic heterocycles. The van der Waals surface area contributed by atoms with Crippen molar-refractivity contribution in [2.24, 2.45) is 0 Å². The number of hydrogen-bond acceptors (Lipinski definition) is 3. The van der Waals surface area contributed by atoms with Gasteiger partial charge >= 0.3 is 0 Å². The Labute approximate surface area is 111 Å². The van der Waals surface area contributed by atoms with Crippen LogP contribution < -0.4 is 15.0 Å². The third-order valence-corrected chi connectivity index (χ3v) is 3.13. The Balaban J connectivity index is 2.25. The van der Waals surface area contributed by atoms with Crippen molar-refractivity contribution in [3.05, 3.63) is 24.3 Å². The highest BCUT2D eigenvalue weighted by Crippen LogP contribution is 2.19. The molecule has 3 heteroatoms. The Hall–Kier alpha value is -1.22. The van der Waals surface area contributed by atoms with E-state index >= 15 is 0 Å². The minimum absolute atomic E-state index is 0.599. The molecule has 0 spiro atoms. The zero-order valence-electron chi connectivity index (χ0n) is 12.1. The largest absolute Gasteiger partial charge is 0.494 e. The van der Waals surface area contributed by atoms with Crippen molar-refractivity contribution >= 4 is 5.69 Å². The first-order valence-electron chi connectivity index (χ1n) is 6.71. The Kier molecular flexibility index (Phi) is 6.58. The van der Waals surface area contributed by atoms with Crippen LogP contribution >= 0.6 is 0 Å². The number of ether oxygens (including phenoxy) is 1. The summed E-state index contributed by atoms with van der Waals surface area (Å²) in [7, 11) is 6.09. The molecule has 0 aliphatic rings. The number of nitrogens with one attached hydrogen (secondary N) is 1. The Morgan fingerprint density at radius 1 is 1.28 bits per heavy atom. The van der Waals surface area contributed by atoms with E-state index in [4.69, 9.17) is 4.74 Å². The summed E-state index contributed by atoms with van der Waals surface area (Å²) in [5, 5.41) is 3.25. The maximum Gasteiger partial charge on any atom is 0.121 e. The monoisotopic (exact) mass is 250 g/mol. The average Bonchev–Trinajstić information content (AvgIpc) is 2.38. The maximum absolute atomic E-state index is 5.77. The highest BCUT2D eigenvalue weighted by Gasteiger charge is 2.00. The zero-order valence-corrected chi connectivity index (χ0v) is 12.1. The van der Waals surface area contributed by atoms with Crippen LogP contribution in [0.4, 0.5) is 5.69 Å². The van der Waals surface area contributed by atoms with Crippen LogP contribution in [0.5, 0.6) is 5.75 Å². The predicted molar refractivity (Wildman–Crippen MR) is 78.6 cm³/mol. The number of rotatable bonds is 8. The third-order valence-electron chi connectivity index (χ3n) is 3.13. The van der Waals surface area contributed by atoms with E-state index < -0.39 is 0 Å². The summed E-state index contributed by atoms with van der Waals surface area (Å²) in [6.45, 7) is 3.01. The fourth-order valence-corrected chi connectivity index (χ4v) is 1.74. The normalized spacial score (nSPS) is 12.2. The summed E-state index contributed by atoms with van der Waals surface area (Å²) in [4.78, 5) is 2.08. The van der Waals surface area contributed by atoms with E-state index in [1.54, 1.807) is 0 Å². The zero-order chi connectivity index (χ0) is 13.4. The average molecular weight is 250 g/mol. The van der Waals surface area contributed by atoms with Gasteiger partial charge in [-0.15, -0.1) is 0 Å². The molecule has 18 heavy (non-hydrogen) atoms. The minimum atomic E-state index is 0.599. The van der Waals surface area contributed by atoms with Crippen LogP contribution in [0.3, 0.4) is 0 Å².